The Balaban J connectivity index is 2.39. The van der Waals surface area contributed by atoms with Crippen LogP contribution in [0.1, 0.15) is 25.3 Å². The average Bonchev–Trinajstić information content (AvgIpc) is 2.84. The van der Waals surface area contributed by atoms with Gasteiger partial charge in [0.15, 0.2) is 5.65 Å². The van der Waals surface area contributed by atoms with Crippen LogP contribution >= 0.6 is 11.6 Å². The predicted molar refractivity (Wildman–Crippen MR) is 73.4 cm³/mol. The minimum absolute atomic E-state index is 0.146. The molecule has 0 aliphatic heterocycles. The molecule has 0 amide bonds. The first kappa shape index (κ1) is 15.1. The number of fused-ring (bicyclic) bond motifs is 1. The molecule has 1 atom stereocenters. The van der Waals surface area contributed by atoms with Crippen molar-refractivity contribution in [3.8, 4) is 0 Å². The van der Waals surface area contributed by atoms with Gasteiger partial charge >= 0.3 is 0 Å². The van der Waals surface area contributed by atoms with Crippen molar-refractivity contribution in [3.05, 3.63) is 17.3 Å². The van der Waals surface area contributed by atoms with Crippen LogP contribution in [0.5, 0.6) is 0 Å². The minimum atomic E-state index is -0.643. The van der Waals surface area contributed by atoms with Gasteiger partial charge in [-0.05, 0) is 24.9 Å². The van der Waals surface area contributed by atoms with Gasteiger partial charge in [0.1, 0.15) is 17.8 Å². The molecular formula is C12H17ClN4O3. The van der Waals surface area contributed by atoms with Gasteiger partial charge in [-0.15, -0.1) is 0 Å². The summed E-state index contributed by atoms with van der Waals surface area (Å²) in [4.78, 5) is 12.5. The summed E-state index contributed by atoms with van der Waals surface area (Å²) in [5, 5.41) is 18.4. The Hall–Kier alpha value is -1.28. The quantitative estimate of drug-likeness (QED) is 0.775. The Morgan fingerprint density at radius 1 is 1.35 bits per heavy atom. The molecular weight excluding hydrogens is 284 g/mol. The molecule has 0 radical (unpaired) electrons. The molecule has 8 heteroatoms. The van der Waals surface area contributed by atoms with Crippen molar-refractivity contribution in [3.63, 3.8) is 0 Å². The normalized spacial score (nSPS) is 13.3. The number of hydrogen-bond donors (Lipinski definition) is 2. The molecule has 0 saturated heterocycles. The fourth-order valence-corrected chi connectivity index (χ4v) is 2.17. The van der Waals surface area contributed by atoms with Crippen molar-refractivity contribution in [1.29, 1.82) is 0 Å². The zero-order valence-corrected chi connectivity index (χ0v) is 12.1. The minimum Gasteiger partial charge on any atom is -0.394 e. The maximum atomic E-state index is 9.11. The number of aryl methyl sites for hydroxylation is 1. The number of aromatic nitrogens is 4. The summed E-state index contributed by atoms with van der Waals surface area (Å²) in [6.45, 7) is 3.22. The zero-order chi connectivity index (χ0) is 14.7. The Morgan fingerprint density at radius 3 is 2.65 bits per heavy atom. The van der Waals surface area contributed by atoms with Crippen molar-refractivity contribution in [2.45, 2.75) is 32.6 Å². The Kier molecular flexibility index (Phi) is 4.87. The summed E-state index contributed by atoms with van der Waals surface area (Å²) in [7, 11) is 0. The largest absolute Gasteiger partial charge is 0.394 e. The predicted octanol–water partition coefficient (Wildman–Crippen LogP) is 1.07. The number of aliphatic hydroxyl groups excluding tert-OH is 2. The number of nitrogens with zero attached hydrogens (tertiary/aromatic N) is 4. The average molecular weight is 301 g/mol. The van der Waals surface area contributed by atoms with Crippen LogP contribution in [0.15, 0.2) is 6.33 Å². The molecule has 20 heavy (non-hydrogen) atoms. The highest BCUT2D eigenvalue weighted by Crippen LogP contribution is 2.23. The maximum Gasteiger partial charge on any atom is 0.224 e. The highest BCUT2D eigenvalue weighted by atomic mass is 35.5. The third kappa shape index (κ3) is 2.90. The monoisotopic (exact) mass is 300 g/mol. The van der Waals surface area contributed by atoms with Gasteiger partial charge in [0.05, 0.1) is 25.2 Å². The van der Waals surface area contributed by atoms with E-state index in [-0.39, 0.29) is 18.5 Å². The summed E-state index contributed by atoms with van der Waals surface area (Å²) in [6, 6.07) is 0. The Morgan fingerprint density at radius 2 is 2.05 bits per heavy atom. The lowest BCUT2D eigenvalue weighted by Gasteiger charge is -2.22. The van der Waals surface area contributed by atoms with Gasteiger partial charge in [-0.2, -0.15) is 4.98 Å². The first-order valence-electron chi connectivity index (χ1n) is 6.34. The fourth-order valence-electron chi connectivity index (χ4n) is 1.96. The number of hydrogen-bond acceptors (Lipinski definition) is 6. The fraction of sp³-hybridized carbons (Fsp3) is 0.583. The van der Waals surface area contributed by atoms with Crippen molar-refractivity contribution in [2.24, 2.45) is 0 Å². The smallest absolute Gasteiger partial charge is 0.224 e. The van der Waals surface area contributed by atoms with Crippen molar-refractivity contribution >= 4 is 22.8 Å². The lowest BCUT2D eigenvalue weighted by Crippen LogP contribution is -2.26. The Bertz CT molecular complexity index is 585. The molecule has 0 spiro atoms. The third-order valence-corrected chi connectivity index (χ3v) is 3.15. The summed E-state index contributed by atoms with van der Waals surface area (Å²) >= 11 is 5.88. The maximum absolute atomic E-state index is 9.11. The van der Waals surface area contributed by atoms with E-state index in [9.17, 15) is 0 Å². The molecule has 0 unspecified atom stereocenters. The highest BCUT2D eigenvalue weighted by Gasteiger charge is 2.19. The van der Waals surface area contributed by atoms with Gasteiger partial charge in [0, 0.05) is 0 Å². The first-order valence-corrected chi connectivity index (χ1v) is 6.72. The van der Waals surface area contributed by atoms with Crippen molar-refractivity contribution < 1.29 is 14.9 Å². The molecule has 2 heterocycles. The summed E-state index contributed by atoms with van der Waals surface area (Å²) in [5.74, 6) is 0. The first-order chi connectivity index (χ1) is 9.60. The molecule has 0 saturated carbocycles. The van der Waals surface area contributed by atoms with Crippen LogP contribution in [-0.2, 0) is 4.74 Å². The second-order valence-electron chi connectivity index (χ2n) is 4.39. The standard InChI is InChI=1S/C12H17ClN4O3/c1-3-9(20-8(4-18)5-19)17-6-14-10-7(2)15-12(13)16-11(10)17/h6,8-9,18-19H,3-5H2,1-2H3/t9-/m1/s1. The number of halogens is 1. The molecule has 0 bridgehead atoms. The van der Waals surface area contributed by atoms with E-state index in [0.29, 0.717) is 23.3 Å². The number of imidazole rings is 1. The van der Waals surface area contributed by atoms with Gasteiger partial charge in [0.2, 0.25) is 5.28 Å². The molecule has 0 aliphatic rings. The van der Waals surface area contributed by atoms with E-state index in [1.165, 1.54) is 0 Å². The molecule has 2 aromatic rings. The van der Waals surface area contributed by atoms with Gasteiger partial charge in [0.25, 0.3) is 0 Å². The summed E-state index contributed by atoms with van der Waals surface area (Å²) in [5.41, 5.74) is 1.92. The molecule has 2 rings (SSSR count). The van der Waals surface area contributed by atoms with Crippen LogP contribution in [0.25, 0.3) is 11.2 Å². The lowest BCUT2D eigenvalue weighted by molar-refractivity contribution is -0.0935. The molecule has 0 fully saturated rings. The van der Waals surface area contributed by atoms with Crippen LogP contribution in [0, 0.1) is 6.92 Å². The molecule has 0 aromatic carbocycles. The van der Waals surface area contributed by atoms with Crippen LogP contribution in [-0.4, -0.2) is 49.0 Å². The second kappa shape index (κ2) is 6.45. The van der Waals surface area contributed by atoms with E-state index in [0.717, 1.165) is 0 Å². The number of ether oxygens (including phenoxy) is 1. The molecule has 110 valence electrons. The molecule has 0 aliphatic carbocycles. The van der Waals surface area contributed by atoms with Crippen LogP contribution < -0.4 is 0 Å². The van der Waals surface area contributed by atoms with Gasteiger partial charge in [-0.1, -0.05) is 6.92 Å². The van der Waals surface area contributed by atoms with Gasteiger partial charge in [-0.3, -0.25) is 4.57 Å². The Labute approximate surface area is 121 Å². The second-order valence-corrected chi connectivity index (χ2v) is 4.73. The highest BCUT2D eigenvalue weighted by molar-refractivity contribution is 6.28. The lowest BCUT2D eigenvalue weighted by atomic mass is 10.3. The molecule has 7 nitrogen and oxygen atoms in total. The van der Waals surface area contributed by atoms with E-state index in [1.807, 2.05) is 6.92 Å². The van der Waals surface area contributed by atoms with E-state index in [1.54, 1.807) is 17.8 Å². The van der Waals surface area contributed by atoms with E-state index in [4.69, 9.17) is 26.6 Å². The van der Waals surface area contributed by atoms with Crippen LogP contribution in [0.3, 0.4) is 0 Å². The SMILES string of the molecule is CC[C@@H](OC(CO)CO)n1cnc2c(C)nc(Cl)nc21. The van der Waals surface area contributed by atoms with Gasteiger partial charge < -0.3 is 14.9 Å². The summed E-state index contributed by atoms with van der Waals surface area (Å²) < 4.78 is 7.38. The van der Waals surface area contributed by atoms with E-state index >= 15 is 0 Å². The van der Waals surface area contributed by atoms with Crippen LogP contribution in [0.2, 0.25) is 5.28 Å². The van der Waals surface area contributed by atoms with Crippen LogP contribution in [0.4, 0.5) is 0 Å². The molecule has 2 N–H and O–H groups in total. The summed E-state index contributed by atoms with van der Waals surface area (Å²) in [6.07, 6.45) is 1.19. The van der Waals surface area contributed by atoms with Crippen molar-refractivity contribution in [2.75, 3.05) is 13.2 Å². The van der Waals surface area contributed by atoms with E-state index < -0.39 is 12.3 Å². The van der Waals surface area contributed by atoms with E-state index in [2.05, 4.69) is 15.0 Å². The number of rotatable bonds is 6. The zero-order valence-electron chi connectivity index (χ0n) is 11.3. The van der Waals surface area contributed by atoms with Gasteiger partial charge in [-0.25, -0.2) is 9.97 Å². The van der Waals surface area contributed by atoms with Crippen molar-refractivity contribution in [1.82, 2.24) is 19.5 Å². The topological polar surface area (TPSA) is 93.3 Å². The third-order valence-electron chi connectivity index (χ3n) is 2.98. The molecule has 2 aromatic heterocycles. The number of aliphatic hydroxyl groups is 2.